The van der Waals surface area contributed by atoms with Gasteiger partial charge in [-0.1, -0.05) is 12.1 Å². The molecule has 0 saturated carbocycles. The molecule has 1 aromatic heterocycles. The van der Waals surface area contributed by atoms with E-state index in [0.29, 0.717) is 0 Å². The Morgan fingerprint density at radius 1 is 1.29 bits per heavy atom. The van der Waals surface area contributed by atoms with Gasteiger partial charge >= 0.3 is 0 Å². The van der Waals surface area contributed by atoms with Crippen molar-refractivity contribution in [3.8, 4) is 10.6 Å². The summed E-state index contributed by atoms with van der Waals surface area (Å²) in [4.78, 5) is 4.65. The van der Waals surface area contributed by atoms with Gasteiger partial charge in [-0.15, -0.1) is 11.3 Å². The van der Waals surface area contributed by atoms with Gasteiger partial charge < -0.3 is 5.32 Å². The van der Waals surface area contributed by atoms with Crippen LogP contribution >= 0.6 is 11.3 Å². The Balaban J connectivity index is 1.92. The minimum absolute atomic E-state index is 0.849. The lowest BCUT2D eigenvalue weighted by atomic mass is 10.1. The lowest BCUT2D eigenvalue weighted by Gasteiger charge is -2.01. The van der Waals surface area contributed by atoms with Gasteiger partial charge in [-0.05, 0) is 43.5 Å². The second-order valence-electron chi connectivity index (χ2n) is 4.51. The van der Waals surface area contributed by atoms with Crippen LogP contribution in [0.4, 0.5) is 0 Å². The van der Waals surface area contributed by atoms with Crippen molar-refractivity contribution in [2.75, 3.05) is 7.05 Å². The molecule has 1 aliphatic carbocycles. The number of aromatic nitrogens is 1. The van der Waals surface area contributed by atoms with E-state index in [9.17, 15) is 0 Å². The first-order chi connectivity index (χ1) is 8.36. The molecule has 0 aliphatic heterocycles. The van der Waals surface area contributed by atoms with Gasteiger partial charge in [-0.3, -0.25) is 0 Å². The lowest BCUT2D eigenvalue weighted by Crippen LogP contribution is -2.04. The van der Waals surface area contributed by atoms with E-state index in [1.54, 1.807) is 11.3 Å². The Kier molecular flexibility index (Phi) is 2.95. The van der Waals surface area contributed by atoms with Crippen LogP contribution in [0.2, 0.25) is 0 Å². The van der Waals surface area contributed by atoms with E-state index >= 15 is 0 Å². The highest BCUT2D eigenvalue weighted by Gasteiger charge is 2.12. The van der Waals surface area contributed by atoms with Crippen LogP contribution in [0.5, 0.6) is 0 Å². The minimum atomic E-state index is 0.849. The van der Waals surface area contributed by atoms with Gasteiger partial charge in [0.15, 0.2) is 0 Å². The first-order valence-corrected chi connectivity index (χ1v) is 6.96. The van der Waals surface area contributed by atoms with Crippen molar-refractivity contribution in [1.82, 2.24) is 10.3 Å². The smallest absolute Gasteiger partial charge is 0.123 e. The largest absolute Gasteiger partial charge is 0.314 e. The zero-order valence-electron chi connectivity index (χ0n) is 9.99. The van der Waals surface area contributed by atoms with E-state index < -0.39 is 0 Å². The molecule has 1 aliphatic rings. The maximum atomic E-state index is 4.65. The molecule has 1 N–H and O–H groups in total. The van der Waals surface area contributed by atoms with Gasteiger partial charge in [0.2, 0.25) is 0 Å². The Labute approximate surface area is 106 Å². The molecule has 0 unspecified atom stereocenters. The number of benzene rings is 1. The number of aryl methyl sites for hydroxylation is 2. The predicted octanol–water partition coefficient (Wildman–Crippen LogP) is 3.02. The number of nitrogens with one attached hydrogen (secondary N) is 1. The van der Waals surface area contributed by atoms with E-state index in [0.717, 1.165) is 17.2 Å². The van der Waals surface area contributed by atoms with E-state index in [1.165, 1.54) is 36.0 Å². The topological polar surface area (TPSA) is 24.9 Å². The Morgan fingerprint density at radius 3 is 3.06 bits per heavy atom. The summed E-state index contributed by atoms with van der Waals surface area (Å²) in [6, 6.07) is 6.81. The SMILES string of the molecule is CNCc1csc(-c2ccc3c(c2)CCC3)n1. The molecule has 1 aromatic carbocycles. The maximum Gasteiger partial charge on any atom is 0.123 e. The number of nitrogens with zero attached hydrogens (tertiary/aromatic N) is 1. The van der Waals surface area contributed by atoms with Crippen molar-refractivity contribution in [3.05, 3.63) is 40.4 Å². The van der Waals surface area contributed by atoms with Gasteiger partial charge in [0, 0.05) is 17.5 Å². The minimum Gasteiger partial charge on any atom is -0.314 e. The molecule has 88 valence electrons. The van der Waals surface area contributed by atoms with Gasteiger partial charge in [0.05, 0.1) is 5.69 Å². The lowest BCUT2D eigenvalue weighted by molar-refractivity contribution is 0.798. The van der Waals surface area contributed by atoms with Crippen molar-refractivity contribution in [2.45, 2.75) is 25.8 Å². The van der Waals surface area contributed by atoms with Crippen molar-refractivity contribution >= 4 is 11.3 Å². The summed E-state index contributed by atoms with van der Waals surface area (Å²) < 4.78 is 0. The molecule has 0 amide bonds. The van der Waals surface area contributed by atoms with Crippen molar-refractivity contribution in [1.29, 1.82) is 0 Å². The fourth-order valence-electron chi connectivity index (χ4n) is 2.41. The number of thiazole rings is 1. The van der Waals surface area contributed by atoms with Crippen molar-refractivity contribution in [2.24, 2.45) is 0 Å². The Morgan fingerprint density at radius 2 is 2.18 bits per heavy atom. The quantitative estimate of drug-likeness (QED) is 0.897. The summed E-state index contributed by atoms with van der Waals surface area (Å²) >= 11 is 1.74. The fraction of sp³-hybridized carbons (Fsp3) is 0.357. The van der Waals surface area contributed by atoms with Gasteiger partial charge in [-0.2, -0.15) is 0 Å². The molecule has 1 heterocycles. The standard InChI is InChI=1S/C14H16N2S/c1-15-8-13-9-17-14(16-13)12-6-5-10-3-2-4-11(10)7-12/h5-7,9,15H,2-4,8H2,1H3. The highest BCUT2D eigenvalue weighted by atomic mass is 32.1. The number of rotatable bonds is 3. The molecule has 2 nitrogen and oxygen atoms in total. The third-order valence-corrected chi connectivity index (χ3v) is 4.20. The predicted molar refractivity (Wildman–Crippen MR) is 72.3 cm³/mol. The Hall–Kier alpha value is -1.19. The normalized spacial score (nSPS) is 13.9. The summed E-state index contributed by atoms with van der Waals surface area (Å²) in [6.45, 7) is 0.849. The van der Waals surface area contributed by atoms with Gasteiger partial charge in [-0.25, -0.2) is 4.98 Å². The molecular formula is C14H16N2S. The van der Waals surface area contributed by atoms with Crippen LogP contribution in [0.1, 0.15) is 23.2 Å². The highest BCUT2D eigenvalue weighted by Crippen LogP contribution is 2.29. The van der Waals surface area contributed by atoms with Crippen LogP contribution < -0.4 is 5.32 Å². The summed E-state index contributed by atoms with van der Waals surface area (Å²) in [6.07, 6.45) is 3.79. The zero-order chi connectivity index (χ0) is 11.7. The molecule has 3 rings (SSSR count). The second-order valence-corrected chi connectivity index (χ2v) is 5.37. The monoisotopic (exact) mass is 244 g/mol. The highest BCUT2D eigenvalue weighted by molar-refractivity contribution is 7.13. The summed E-state index contributed by atoms with van der Waals surface area (Å²) in [5, 5.41) is 6.42. The molecule has 0 fully saturated rings. The van der Waals surface area contributed by atoms with Crippen LogP contribution in [0.25, 0.3) is 10.6 Å². The third-order valence-electron chi connectivity index (χ3n) is 3.26. The van der Waals surface area contributed by atoms with E-state index in [1.807, 2.05) is 7.05 Å². The summed E-state index contributed by atoms with van der Waals surface area (Å²) in [5.41, 5.74) is 5.46. The molecule has 0 atom stereocenters. The molecule has 0 radical (unpaired) electrons. The average Bonchev–Trinajstić information content (AvgIpc) is 2.96. The van der Waals surface area contributed by atoms with E-state index in [2.05, 4.69) is 33.9 Å². The molecule has 2 aromatic rings. The van der Waals surface area contributed by atoms with Crippen molar-refractivity contribution < 1.29 is 0 Å². The van der Waals surface area contributed by atoms with Gasteiger partial charge in [0.25, 0.3) is 0 Å². The molecule has 3 heteroatoms. The summed E-state index contributed by atoms with van der Waals surface area (Å²) in [7, 11) is 1.95. The van der Waals surface area contributed by atoms with Crippen LogP contribution in [-0.2, 0) is 19.4 Å². The van der Waals surface area contributed by atoms with Gasteiger partial charge in [0.1, 0.15) is 5.01 Å². The first-order valence-electron chi connectivity index (χ1n) is 6.08. The van der Waals surface area contributed by atoms with Crippen LogP contribution in [0.15, 0.2) is 23.6 Å². The van der Waals surface area contributed by atoms with E-state index in [4.69, 9.17) is 0 Å². The summed E-state index contributed by atoms with van der Waals surface area (Å²) in [5.74, 6) is 0. The second kappa shape index (κ2) is 4.59. The van der Waals surface area contributed by atoms with Crippen LogP contribution in [0.3, 0.4) is 0 Å². The molecular weight excluding hydrogens is 228 g/mol. The number of hydrogen-bond acceptors (Lipinski definition) is 3. The zero-order valence-corrected chi connectivity index (χ0v) is 10.8. The van der Waals surface area contributed by atoms with Crippen LogP contribution in [0, 0.1) is 0 Å². The fourth-order valence-corrected chi connectivity index (χ4v) is 3.22. The average molecular weight is 244 g/mol. The molecule has 0 spiro atoms. The Bertz CT molecular complexity index is 531. The van der Waals surface area contributed by atoms with Crippen molar-refractivity contribution in [3.63, 3.8) is 0 Å². The molecule has 0 bridgehead atoms. The number of hydrogen-bond donors (Lipinski definition) is 1. The first kappa shape index (κ1) is 10.9. The number of fused-ring (bicyclic) bond motifs is 1. The third kappa shape index (κ3) is 2.13. The van der Waals surface area contributed by atoms with Crippen LogP contribution in [-0.4, -0.2) is 12.0 Å². The molecule has 0 saturated heterocycles. The van der Waals surface area contributed by atoms with E-state index in [-0.39, 0.29) is 0 Å². The maximum absolute atomic E-state index is 4.65. The molecule has 17 heavy (non-hydrogen) atoms.